The lowest BCUT2D eigenvalue weighted by atomic mass is 10.1. The minimum atomic E-state index is -4.44. The predicted molar refractivity (Wildman–Crippen MR) is 57.1 cm³/mol. The zero-order chi connectivity index (χ0) is 13.1. The number of hydrogen-bond donors (Lipinski definition) is 1. The van der Waals surface area contributed by atoms with Crippen LogP contribution in [0.3, 0.4) is 0 Å². The molecule has 0 unspecified atom stereocenters. The summed E-state index contributed by atoms with van der Waals surface area (Å²) in [6, 6.07) is 2.81. The molecule has 0 heterocycles. The van der Waals surface area contributed by atoms with Gasteiger partial charge in [0.1, 0.15) is 0 Å². The van der Waals surface area contributed by atoms with Crippen molar-refractivity contribution in [1.82, 2.24) is 0 Å². The van der Waals surface area contributed by atoms with E-state index in [4.69, 9.17) is 17.3 Å². The maximum absolute atomic E-state index is 12.3. The molecule has 6 heteroatoms. The lowest BCUT2D eigenvalue weighted by molar-refractivity contribution is -0.137. The summed E-state index contributed by atoms with van der Waals surface area (Å²) in [7, 11) is 0. The topological polar surface area (TPSA) is 43.1 Å². The Hall–Kier alpha value is -1.67. The van der Waals surface area contributed by atoms with Crippen molar-refractivity contribution in [3.63, 3.8) is 0 Å². The fraction of sp³-hybridized carbons (Fsp3) is 0.182. The summed E-state index contributed by atoms with van der Waals surface area (Å²) in [4.78, 5) is 10.4. The van der Waals surface area contributed by atoms with E-state index in [2.05, 4.69) is 11.8 Å². The molecule has 1 aromatic carbocycles. The van der Waals surface area contributed by atoms with E-state index in [1.54, 1.807) is 0 Å². The van der Waals surface area contributed by atoms with Crippen LogP contribution < -0.4 is 5.73 Å². The number of halogens is 4. The number of carbonyl (C=O) groups is 1. The number of rotatable bonds is 1. The van der Waals surface area contributed by atoms with Gasteiger partial charge in [-0.1, -0.05) is 23.4 Å². The molecule has 1 amide bonds. The van der Waals surface area contributed by atoms with Gasteiger partial charge in [0.25, 0.3) is 0 Å². The van der Waals surface area contributed by atoms with Crippen molar-refractivity contribution in [2.24, 2.45) is 5.73 Å². The monoisotopic (exact) mass is 261 g/mol. The minimum absolute atomic E-state index is 0.114. The lowest BCUT2D eigenvalue weighted by Gasteiger charge is -2.07. The largest absolute Gasteiger partial charge is 0.416 e. The number of alkyl halides is 3. The number of amides is 1. The van der Waals surface area contributed by atoms with Gasteiger partial charge in [-0.3, -0.25) is 4.79 Å². The molecule has 90 valence electrons. The van der Waals surface area contributed by atoms with Gasteiger partial charge < -0.3 is 5.73 Å². The number of nitrogens with two attached hydrogens (primary N) is 1. The molecule has 0 aromatic heterocycles. The standard InChI is InChI=1S/C11H7ClF3NO/c12-9-6-8(11(13,14)15)5-4-7(9)2-1-3-10(16)17/h4-6H,3H2,(H2,16,17). The smallest absolute Gasteiger partial charge is 0.369 e. The van der Waals surface area contributed by atoms with Crippen molar-refractivity contribution in [1.29, 1.82) is 0 Å². The van der Waals surface area contributed by atoms with Gasteiger partial charge in [-0.05, 0) is 18.2 Å². The molecule has 0 aliphatic carbocycles. The molecule has 0 bridgehead atoms. The zero-order valence-electron chi connectivity index (χ0n) is 8.44. The van der Waals surface area contributed by atoms with Gasteiger partial charge in [0.2, 0.25) is 5.91 Å². The van der Waals surface area contributed by atoms with Gasteiger partial charge in [0.15, 0.2) is 0 Å². The first-order chi connectivity index (χ1) is 7.80. The zero-order valence-corrected chi connectivity index (χ0v) is 9.19. The third-order valence-corrected chi connectivity index (χ3v) is 2.09. The van der Waals surface area contributed by atoms with Gasteiger partial charge in [0, 0.05) is 5.56 Å². The molecule has 1 aromatic rings. The third-order valence-electron chi connectivity index (χ3n) is 1.78. The van der Waals surface area contributed by atoms with Crippen molar-refractivity contribution in [2.75, 3.05) is 0 Å². The molecule has 1 rings (SSSR count). The molecule has 0 saturated carbocycles. The highest BCUT2D eigenvalue weighted by Crippen LogP contribution is 2.31. The molecule has 0 radical (unpaired) electrons. The van der Waals surface area contributed by atoms with Gasteiger partial charge in [-0.15, -0.1) is 0 Å². The molecule has 0 aliphatic heterocycles. The van der Waals surface area contributed by atoms with E-state index >= 15 is 0 Å². The molecule has 0 fully saturated rings. The Morgan fingerprint density at radius 3 is 2.53 bits per heavy atom. The van der Waals surface area contributed by atoms with Crippen LogP contribution in [0.1, 0.15) is 17.5 Å². The minimum Gasteiger partial charge on any atom is -0.369 e. The fourth-order valence-corrected chi connectivity index (χ4v) is 1.25. The Kier molecular flexibility index (Phi) is 4.02. The summed E-state index contributed by atoms with van der Waals surface area (Å²) in [6.07, 6.45) is -4.61. The quantitative estimate of drug-likeness (QED) is 0.776. The predicted octanol–water partition coefficient (Wildman–Crippen LogP) is 2.59. The molecule has 0 aliphatic rings. The Bertz CT molecular complexity index is 500. The van der Waals surface area contributed by atoms with Crippen LogP contribution in [-0.4, -0.2) is 5.91 Å². The Morgan fingerprint density at radius 1 is 1.41 bits per heavy atom. The molecule has 0 spiro atoms. The average Bonchev–Trinajstić information content (AvgIpc) is 2.18. The summed E-state index contributed by atoms with van der Waals surface area (Å²) < 4.78 is 36.9. The summed E-state index contributed by atoms with van der Waals surface area (Å²) in [5, 5.41) is -0.114. The SMILES string of the molecule is NC(=O)CC#Cc1ccc(C(F)(F)F)cc1Cl. The van der Waals surface area contributed by atoms with Crippen molar-refractivity contribution in [3.8, 4) is 11.8 Å². The molecule has 0 saturated heterocycles. The number of benzene rings is 1. The van der Waals surface area contributed by atoms with Crippen LogP contribution in [0, 0.1) is 11.8 Å². The van der Waals surface area contributed by atoms with Crippen molar-refractivity contribution in [3.05, 3.63) is 34.3 Å². The van der Waals surface area contributed by atoms with Crippen molar-refractivity contribution < 1.29 is 18.0 Å². The second-order valence-corrected chi connectivity index (χ2v) is 3.54. The van der Waals surface area contributed by atoms with Gasteiger partial charge in [0.05, 0.1) is 17.0 Å². The first-order valence-corrected chi connectivity index (χ1v) is 4.82. The molecule has 0 atom stereocenters. The summed E-state index contributed by atoms with van der Waals surface area (Å²) >= 11 is 5.63. The third kappa shape index (κ3) is 4.00. The Labute approximate surface area is 101 Å². The summed E-state index contributed by atoms with van der Waals surface area (Å²) in [5.74, 6) is 4.27. The van der Waals surface area contributed by atoms with E-state index in [1.165, 1.54) is 0 Å². The van der Waals surface area contributed by atoms with E-state index in [9.17, 15) is 18.0 Å². The lowest BCUT2D eigenvalue weighted by Crippen LogP contribution is -2.08. The summed E-state index contributed by atoms with van der Waals surface area (Å²) in [5.41, 5.74) is 4.23. The van der Waals surface area contributed by atoms with Gasteiger partial charge in [-0.2, -0.15) is 13.2 Å². The first-order valence-electron chi connectivity index (χ1n) is 4.44. The van der Waals surface area contributed by atoms with E-state index in [0.717, 1.165) is 18.2 Å². The highest BCUT2D eigenvalue weighted by Gasteiger charge is 2.30. The van der Waals surface area contributed by atoms with Crippen LogP contribution in [0.4, 0.5) is 13.2 Å². The van der Waals surface area contributed by atoms with Crippen LogP contribution in [0.25, 0.3) is 0 Å². The van der Waals surface area contributed by atoms with E-state index in [-0.39, 0.29) is 17.0 Å². The van der Waals surface area contributed by atoms with Gasteiger partial charge >= 0.3 is 6.18 Å². The normalized spacial score (nSPS) is 10.6. The molecular weight excluding hydrogens is 255 g/mol. The fourth-order valence-electron chi connectivity index (χ4n) is 1.02. The maximum atomic E-state index is 12.3. The van der Waals surface area contributed by atoms with Crippen LogP contribution in [0.15, 0.2) is 18.2 Å². The highest BCUT2D eigenvalue weighted by atomic mass is 35.5. The average molecular weight is 262 g/mol. The van der Waals surface area contributed by atoms with Gasteiger partial charge in [-0.25, -0.2) is 0 Å². The van der Waals surface area contributed by atoms with E-state index in [0.29, 0.717) is 0 Å². The molecule has 2 N–H and O–H groups in total. The number of carbonyl (C=O) groups excluding carboxylic acids is 1. The second-order valence-electron chi connectivity index (χ2n) is 3.14. The van der Waals surface area contributed by atoms with Crippen molar-refractivity contribution in [2.45, 2.75) is 12.6 Å². The molecule has 2 nitrogen and oxygen atoms in total. The maximum Gasteiger partial charge on any atom is 0.416 e. The molecule has 17 heavy (non-hydrogen) atoms. The van der Waals surface area contributed by atoms with Crippen LogP contribution >= 0.6 is 11.6 Å². The second kappa shape index (κ2) is 5.11. The number of primary amides is 1. The van der Waals surface area contributed by atoms with E-state index < -0.39 is 17.6 Å². The Balaban J connectivity index is 2.97. The first kappa shape index (κ1) is 13.4. The molecular formula is C11H7ClF3NO. The highest BCUT2D eigenvalue weighted by molar-refractivity contribution is 6.31. The number of hydrogen-bond acceptors (Lipinski definition) is 1. The summed E-state index contributed by atoms with van der Waals surface area (Å²) in [6.45, 7) is 0. The van der Waals surface area contributed by atoms with Crippen LogP contribution in [-0.2, 0) is 11.0 Å². The van der Waals surface area contributed by atoms with Crippen molar-refractivity contribution >= 4 is 17.5 Å². The van der Waals surface area contributed by atoms with E-state index in [1.807, 2.05) is 0 Å². The van der Waals surface area contributed by atoms with Crippen LogP contribution in [0.2, 0.25) is 5.02 Å². The Morgan fingerprint density at radius 2 is 2.06 bits per heavy atom. The van der Waals surface area contributed by atoms with Crippen LogP contribution in [0.5, 0.6) is 0 Å².